The summed E-state index contributed by atoms with van der Waals surface area (Å²) >= 11 is 0. The molecule has 1 aromatic heterocycles. The molecule has 0 radical (unpaired) electrons. The molecule has 0 aliphatic rings. The second-order valence-electron chi connectivity index (χ2n) is 3.67. The number of aromatic nitrogens is 2. The fourth-order valence-electron chi connectivity index (χ4n) is 1.54. The smallest absolute Gasteiger partial charge is 0.222 e. The minimum atomic E-state index is 0.551. The first-order valence-corrected chi connectivity index (χ1v) is 6.15. The van der Waals surface area contributed by atoms with E-state index in [4.69, 9.17) is 4.74 Å². The third-order valence-corrected chi connectivity index (χ3v) is 2.30. The molecule has 0 saturated carbocycles. The van der Waals surface area contributed by atoms with E-state index in [-0.39, 0.29) is 0 Å². The van der Waals surface area contributed by atoms with Gasteiger partial charge in [-0.05, 0) is 20.3 Å². The molecule has 0 aromatic carbocycles. The van der Waals surface area contributed by atoms with Crippen molar-refractivity contribution < 1.29 is 4.74 Å². The number of nitrogens with one attached hydrogen (secondary N) is 1. The Bertz CT molecular complexity index is 364. The van der Waals surface area contributed by atoms with Crippen molar-refractivity contribution in [3.63, 3.8) is 0 Å². The molecule has 1 N–H and O–H groups in total. The Hall–Kier alpha value is -1.58. The summed E-state index contributed by atoms with van der Waals surface area (Å²) in [6.45, 7) is 7.56. The third kappa shape index (κ3) is 4.06. The van der Waals surface area contributed by atoms with Crippen molar-refractivity contribution in [3.05, 3.63) is 24.0 Å². The lowest BCUT2D eigenvalue weighted by atomic mass is 10.1. The van der Waals surface area contributed by atoms with Gasteiger partial charge in [-0.3, -0.25) is 0 Å². The zero-order valence-corrected chi connectivity index (χ0v) is 10.9. The van der Waals surface area contributed by atoms with E-state index in [2.05, 4.69) is 29.1 Å². The highest BCUT2D eigenvalue weighted by Gasteiger charge is 2.10. The maximum absolute atomic E-state index is 5.64. The van der Waals surface area contributed by atoms with Gasteiger partial charge in [0, 0.05) is 6.54 Å². The first kappa shape index (κ1) is 13.5. The lowest BCUT2D eigenvalue weighted by molar-refractivity contribution is 0.343. The summed E-state index contributed by atoms with van der Waals surface area (Å²) in [4.78, 5) is 8.46. The lowest BCUT2D eigenvalue weighted by Crippen LogP contribution is -2.08. The Morgan fingerprint density at radius 3 is 2.82 bits per heavy atom. The molecule has 4 nitrogen and oxygen atoms in total. The Labute approximate surface area is 103 Å². The van der Waals surface area contributed by atoms with E-state index in [0.717, 1.165) is 30.8 Å². The number of anilines is 1. The first-order chi connectivity index (χ1) is 8.33. The van der Waals surface area contributed by atoms with Crippen molar-refractivity contribution in [2.75, 3.05) is 18.5 Å². The molecule has 0 fully saturated rings. The van der Waals surface area contributed by atoms with E-state index in [1.54, 1.807) is 6.33 Å². The average molecular weight is 235 g/mol. The zero-order chi connectivity index (χ0) is 12.5. The van der Waals surface area contributed by atoms with Crippen LogP contribution in [0.4, 0.5) is 5.82 Å². The molecule has 0 aliphatic carbocycles. The molecule has 0 atom stereocenters. The summed E-state index contributed by atoms with van der Waals surface area (Å²) in [6.07, 6.45) is 7.44. The van der Waals surface area contributed by atoms with Crippen LogP contribution in [0.3, 0.4) is 0 Å². The van der Waals surface area contributed by atoms with Crippen molar-refractivity contribution in [2.45, 2.75) is 33.6 Å². The number of allylic oxidation sites excluding steroid dienone is 1. The maximum atomic E-state index is 5.64. The number of hydrogen-bond acceptors (Lipinski definition) is 4. The summed E-state index contributed by atoms with van der Waals surface area (Å²) in [5, 5.41) is 3.24. The molecule has 0 spiro atoms. The quantitative estimate of drug-likeness (QED) is 0.738. The summed E-state index contributed by atoms with van der Waals surface area (Å²) in [5.74, 6) is 1.58. The van der Waals surface area contributed by atoms with E-state index in [1.165, 1.54) is 0 Å². The first-order valence-electron chi connectivity index (χ1n) is 6.15. The summed E-state index contributed by atoms with van der Waals surface area (Å²) in [5.41, 5.74) is 1.07. The fraction of sp³-hybridized carbons (Fsp3) is 0.538. The van der Waals surface area contributed by atoms with Crippen molar-refractivity contribution in [1.29, 1.82) is 0 Å². The van der Waals surface area contributed by atoms with Crippen LogP contribution >= 0.6 is 0 Å². The van der Waals surface area contributed by atoms with Crippen molar-refractivity contribution >= 4 is 5.82 Å². The van der Waals surface area contributed by atoms with E-state index < -0.39 is 0 Å². The Morgan fingerprint density at radius 1 is 1.35 bits per heavy atom. The van der Waals surface area contributed by atoms with E-state index >= 15 is 0 Å². The molecule has 0 saturated heterocycles. The third-order valence-electron chi connectivity index (χ3n) is 2.30. The van der Waals surface area contributed by atoms with Gasteiger partial charge < -0.3 is 10.1 Å². The number of hydrogen-bond donors (Lipinski definition) is 1. The van der Waals surface area contributed by atoms with Crippen LogP contribution in [0.25, 0.3) is 0 Å². The normalized spacial score (nSPS) is 10.8. The van der Waals surface area contributed by atoms with Crippen molar-refractivity contribution in [1.82, 2.24) is 9.97 Å². The SMILES string of the molecule is C/C=C/COc1ncnc(NCC)c1CCC. The molecule has 0 aliphatic heterocycles. The molecule has 1 heterocycles. The predicted octanol–water partition coefficient (Wildman–Crippen LogP) is 2.82. The van der Waals surface area contributed by atoms with Gasteiger partial charge in [0.2, 0.25) is 5.88 Å². The van der Waals surface area contributed by atoms with Crippen LogP contribution in [0.2, 0.25) is 0 Å². The van der Waals surface area contributed by atoms with E-state index in [9.17, 15) is 0 Å². The molecule has 0 amide bonds. The van der Waals surface area contributed by atoms with Crippen LogP contribution in [-0.4, -0.2) is 23.1 Å². The van der Waals surface area contributed by atoms with Crippen LogP contribution < -0.4 is 10.1 Å². The van der Waals surface area contributed by atoms with Gasteiger partial charge in [-0.25, -0.2) is 9.97 Å². The van der Waals surface area contributed by atoms with Gasteiger partial charge in [0.1, 0.15) is 18.8 Å². The fourth-order valence-corrected chi connectivity index (χ4v) is 1.54. The molecule has 1 aromatic rings. The molecule has 4 heteroatoms. The second-order valence-corrected chi connectivity index (χ2v) is 3.67. The second kappa shape index (κ2) is 7.65. The van der Waals surface area contributed by atoms with Crippen LogP contribution in [0, 0.1) is 0 Å². The van der Waals surface area contributed by atoms with Crippen LogP contribution in [-0.2, 0) is 6.42 Å². The maximum Gasteiger partial charge on any atom is 0.222 e. The molecule has 1 rings (SSSR count). The number of rotatable bonds is 7. The van der Waals surface area contributed by atoms with Crippen LogP contribution in [0.15, 0.2) is 18.5 Å². The molecular formula is C13H21N3O. The van der Waals surface area contributed by atoms with Gasteiger partial charge in [0.05, 0.1) is 5.56 Å². The van der Waals surface area contributed by atoms with E-state index in [0.29, 0.717) is 12.5 Å². The number of nitrogens with zero attached hydrogens (tertiary/aromatic N) is 2. The average Bonchev–Trinajstić information content (AvgIpc) is 2.33. The van der Waals surface area contributed by atoms with Gasteiger partial charge in [-0.1, -0.05) is 25.5 Å². The molecular weight excluding hydrogens is 214 g/mol. The minimum Gasteiger partial charge on any atom is -0.473 e. The highest BCUT2D eigenvalue weighted by molar-refractivity contribution is 5.48. The zero-order valence-electron chi connectivity index (χ0n) is 10.9. The van der Waals surface area contributed by atoms with Gasteiger partial charge in [-0.15, -0.1) is 0 Å². The summed E-state index contributed by atoms with van der Waals surface area (Å²) in [7, 11) is 0. The van der Waals surface area contributed by atoms with Gasteiger partial charge in [0.15, 0.2) is 0 Å². The van der Waals surface area contributed by atoms with E-state index in [1.807, 2.05) is 19.1 Å². The molecule has 17 heavy (non-hydrogen) atoms. The summed E-state index contributed by atoms with van der Waals surface area (Å²) < 4.78 is 5.64. The monoisotopic (exact) mass is 235 g/mol. The highest BCUT2D eigenvalue weighted by atomic mass is 16.5. The number of ether oxygens (including phenoxy) is 1. The van der Waals surface area contributed by atoms with Crippen molar-refractivity contribution in [3.8, 4) is 5.88 Å². The Morgan fingerprint density at radius 2 is 2.18 bits per heavy atom. The molecule has 94 valence electrons. The minimum absolute atomic E-state index is 0.551. The standard InChI is InChI=1S/C13H21N3O/c1-4-7-9-17-13-11(8-5-2)12(14-6-3)15-10-16-13/h4,7,10H,5-6,8-9H2,1-3H3,(H,14,15,16)/b7-4+. The largest absolute Gasteiger partial charge is 0.473 e. The highest BCUT2D eigenvalue weighted by Crippen LogP contribution is 2.23. The topological polar surface area (TPSA) is 47.0 Å². The summed E-state index contributed by atoms with van der Waals surface area (Å²) in [6, 6.07) is 0. The molecule has 0 bridgehead atoms. The van der Waals surface area contributed by atoms with Gasteiger partial charge in [-0.2, -0.15) is 0 Å². The van der Waals surface area contributed by atoms with Crippen LogP contribution in [0.1, 0.15) is 32.8 Å². The van der Waals surface area contributed by atoms with Gasteiger partial charge >= 0.3 is 0 Å². The van der Waals surface area contributed by atoms with Crippen LogP contribution in [0.5, 0.6) is 5.88 Å². The van der Waals surface area contributed by atoms with Gasteiger partial charge in [0.25, 0.3) is 0 Å². The lowest BCUT2D eigenvalue weighted by Gasteiger charge is -2.12. The predicted molar refractivity (Wildman–Crippen MR) is 70.5 cm³/mol. The Kier molecular flexibility index (Phi) is 6.07. The Balaban J connectivity index is 2.88. The van der Waals surface area contributed by atoms with Crippen molar-refractivity contribution in [2.24, 2.45) is 0 Å². The molecule has 0 unspecified atom stereocenters.